The van der Waals surface area contributed by atoms with Crippen LogP contribution in [0.2, 0.25) is 0 Å². The van der Waals surface area contributed by atoms with Gasteiger partial charge >= 0.3 is 0 Å². The van der Waals surface area contributed by atoms with Crippen molar-refractivity contribution < 1.29 is 8.42 Å². The molecule has 1 aliphatic rings. The highest BCUT2D eigenvalue weighted by atomic mass is 32.2. The maximum Gasteiger partial charge on any atom is 0.215 e. The molecule has 1 fully saturated rings. The molecule has 0 aromatic carbocycles. The molecule has 0 aliphatic heterocycles. The molecule has 3 unspecified atom stereocenters. The van der Waals surface area contributed by atoms with E-state index in [0.29, 0.717) is 18.3 Å². The summed E-state index contributed by atoms with van der Waals surface area (Å²) in [4.78, 5) is 0. The van der Waals surface area contributed by atoms with E-state index in [2.05, 4.69) is 18.6 Å². The van der Waals surface area contributed by atoms with Gasteiger partial charge in [0.05, 0.1) is 5.25 Å². The maximum absolute atomic E-state index is 12.2. The molecule has 108 valence electrons. The Morgan fingerprint density at radius 1 is 1.28 bits per heavy atom. The molecule has 4 nitrogen and oxygen atoms in total. The van der Waals surface area contributed by atoms with Crippen LogP contribution >= 0.6 is 0 Å². The zero-order chi connectivity index (χ0) is 13.8. The first-order valence-electron chi connectivity index (χ1n) is 7.13. The Labute approximate surface area is 112 Å². The summed E-state index contributed by atoms with van der Waals surface area (Å²) >= 11 is 0. The van der Waals surface area contributed by atoms with Crippen molar-refractivity contribution in [1.29, 1.82) is 0 Å². The predicted octanol–water partition coefficient (Wildman–Crippen LogP) is 1.86. The third kappa shape index (κ3) is 3.93. The van der Waals surface area contributed by atoms with E-state index in [0.717, 1.165) is 19.3 Å². The molecular formula is C13H28N2O2S. The molecule has 1 aliphatic carbocycles. The van der Waals surface area contributed by atoms with Crippen LogP contribution in [-0.2, 0) is 10.0 Å². The Hall–Kier alpha value is -0.130. The fraction of sp³-hybridized carbons (Fsp3) is 1.00. The molecule has 0 saturated heterocycles. The monoisotopic (exact) mass is 276 g/mol. The van der Waals surface area contributed by atoms with Gasteiger partial charge < -0.3 is 5.73 Å². The second-order valence-electron chi connectivity index (χ2n) is 5.73. The van der Waals surface area contributed by atoms with E-state index >= 15 is 0 Å². The quantitative estimate of drug-likeness (QED) is 0.778. The van der Waals surface area contributed by atoms with Crippen molar-refractivity contribution in [1.82, 2.24) is 4.72 Å². The van der Waals surface area contributed by atoms with Crippen LogP contribution in [-0.4, -0.2) is 26.3 Å². The topological polar surface area (TPSA) is 72.2 Å². The molecular weight excluding hydrogens is 248 g/mol. The van der Waals surface area contributed by atoms with E-state index in [1.807, 2.05) is 6.92 Å². The minimum absolute atomic E-state index is 0.101. The van der Waals surface area contributed by atoms with Crippen molar-refractivity contribution in [3.05, 3.63) is 0 Å². The summed E-state index contributed by atoms with van der Waals surface area (Å²) in [6.45, 7) is 6.43. The molecule has 0 aromatic heterocycles. The van der Waals surface area contributed by atoms with E-state index in [9.17, 15) is 8.42 Å². The van der Waals surface area contributed by atoms with Crippen LogP contribution in [0.4, 0.5) is 0 Å². The van der Waals surface area contributed by atoms with E-state index < -0.39 is 15.3 Å². The van der Waals surface area contributed by atoms with Crippen molar-refractivity contribution in [2.24, 2.45) is 17.6 Å². The molecule has 0 spiro atoms. The molecule has 0 bridgehead atoms. The van der Waals surface area contributed by atoms with Crippen LogP contribution < -0.4 is 10.5 Å². The number of sulfonamides is 1. The molecule has 18 heavy (non-hydrogen) atoms. The standard InChI is InChI=1S/C13H28N2O2S/c1-4-11(9-14)18(16,17)15-13-8-6-5-7-12(13)10(2)3/h10-13,15H,4-9,14H2,1-3H3. The van der Waals surface area contributed by atoms with Crippen LogP contribution in [0.15, 0.2) is 0 Å². The van der Waals surface area contributed by atoms with E-state index in [1.165, 1.54) is 6.42 Å². The summed E-state index contributed by atoms with van der Waals surface area (Å²) in [6.07, 6.45) is 5.00. The van der Waals surface area contributed by atoms with Gasteiger partial charge in [0, 0.05) is 12.6 Å². The molecule has 0 radical (unpaired) electrons. The van der Waals surface area contributed by atoms with E-state index in [4.69, 9.17) is 5.73 Å². The van der Waals surface area contributed by atoms with Gasteiger partial charge in [0.1, 0.15) is 0 Å². The number of hydrogen-bond acceptors (Lipinski definition) is 3. The lowest BCUT2D eigenvalue weighted by Crippen LogP contribution is -2.48. The SMILES string of the molecule is CCC(CN)S(=O)(=O)NC1CCCCC1C(C)C. The van der Waals surface area contributed by atoms with Gasteiger partial charge in [-0.25, -0.2) is 13.1 Å². The van der Waals surface area contributed by atoms with Gasteiger partial charge in [-0.3, -0.25) is 0 Å². The molecule has 0 amide bonds. The van der Waals surface area contributed by atoms with Crippen molar-refractivity contribution in [3.8, 4) is 0 Å². The van der Waals surface area contributed by atoms with Crippen molar-refractivity contribution in [2.45, 2.75) is 64.2 Å². The maximum atomic E-state index is 12.2. The average Bonchev–Trinajstić information content (AvgIpc) is 2.29. The summed E-state index contributed by atoms with van der Waals surface area (Å²) in [6, 6.07) is 0.101. The second-order valence-corrected chi connectivity index (χ2v) is 7.72. The fourth-order valence-corrected chi connectivity index (χ4v) is 4.52. The highest BCUT2D eigenvalue weighted by Crippen LogP contribution is 2.30. The van der Waals surface area contributed by atoms with Crippen molar-refractivity contribution in [2.75, 3.05) is 6.54 Å². The fourth-order valence-electron chi connectivity index (χ4n) is 2.92. The number of nitrogens with two attached hydrogens (primary N) is 1. The summed E-state index contributed by atoms with van der Waals surface area (Å²) in [5.74, 6) is 0.986. The van der Waals surface area contributed by atoms with Gasteiger partial charge in [0.2, 0.25) is 10.0 Å². The van der Waals surface area contributed by atoms with Gasteiger partial charge in [0.15, 0.2) is 0 Å². The summed E-state index contributed by atoms with van der Waals surface area (Å²) < 4.78 is 27.4. The summed E-state index contributed by atoms with van der Waals surface area (Å²) in [7, 11) is -3.26. The first kappa shape index (κ1) is 15.9. The number of hydrogen-bond donors (Lipinski definition) is 2. The first-order chi connectivity index (χ1) is 8.42. The Morgan fingerprint density at radius 2 is 1.89 bits per heavy atom. The first-order valence-corrected chi connectivity index (χ1v) is 8.68. The van der Waals surface area contributed by atoms with Gasteiger partial charge in [0.25, 0.3) is 0 Å². The largest absolute Gasteiger partial charge is 0.329 e. The van der Waals surface area contributed by atoms with Crippen molar-refractivity contribution >= 4 is 10.0 Å². The molecule has 1 rings (SSSR count). The molecule has 1 saturated carbocycles. The van der Waals surface area contributed by atoms with Crippen LogP contribution in [0.3, 0.4) is 0 Å². The number of rotatable bonds is 6. The van der Waals surface area contributed by atoms with Crippen LogP contribution in [0, 0.1) is 11.8 Å². The minimum Gasteiger partial charge on any atom is -0.329 e. The van der Waals surface area contributed by atoms with E-state index in [1.54, 1.807) is 0 Å². The molecule has 0 heterocycles. The number of nitrogens with one attached hydrogen (secondary N) is 1. The third-order valence-corrected chi connectivity index (χ3v) is 6.18. The lowest BCUT2D eigenvalue weighted by atomic mass is 9.78. The van der Waals surface area contributed by atoms with Crippen LogP contribution in [0.1, 0.15) is 52.9 Å². The lowest BCUT2D eigenvalue weighted by Gasteiger charge is -2.35. The Kier molecular flexibility index (Phi) is 6.08. The lowest BCUT2D eigenvalue weighted by molar-refractivity contribution is 0.226. The van der Waals surface area contributed by atoms with E-state index in [-0.39, 0.29) is 12.6 Å². The van der Waals surface area contributed by atoms with Gasteiger partial charge in [-0.1, -0.05) is 33.6 Å². The summed E-state index contributed by atoms with van der Waals surface area (Å²) in [5.41, 5.74) is 5.55. The third-order valence-electron chi connectivity index (χ3n) is 4.15. The highest BCUT2D eigenvalue weighted by Gasteiger charge is 2.32. The van der Waals surface area contributed by atoms with Crippen LogP contribution in [0.25, 0.3) is 0 Å². The Morgan fingerprint density at radius 3 is 2.39 bits per heavy atom. The van der Waals surface area contributed by atoms with Gasteiger partial charge in [-0.2, -0.15) is 0 Å². The predicted molar refractivity (Wildman–Crippen MR) is 75.8 cm³/mol. The molecule has 5 heteroatoms. The average molecular weight is 276 g/mol. The molecule has 3 atom stereocenters. The Balaban J connectivity index is 2.74. The smallest absolute Gasteiger partial charge is 0.215 e. The molecule has 3 N–H and O–H groups in total. The van der Waals surface area contributed by atoms with Gasteiger partial charge in [-0.15, -0.1) is 0 Å². The zero-order valence-electron chi connectivity index (χ0n) is 11.9. The second kappa shape index (κ2) is 6.87. The van der Waals surface area contributed by atoms with Crippen LogP contribution in [0.5, 0.6) is 0 Å². The normalized spacial score (nSPS) is 27.4. The molecule has 0 aromatic rings. The highest BCUT2D eigenvalue weighted by molar-refractivity contribution is 7.90. The minimum atomic E-state index is -3.26. The zero-order valence-corrected chi connectivity index (χ0v) is 12.7. The summed E-state index contributed by atoms with van der Waals surface area (Å²) in [5, 5.41) is -0.452. The van der Waals surface area contributed by atoms with Crippen molar-refractivity contribution in [3.63, 3.8) is 0 Å². The van der Waals surface area contributed by atoms with Gasteiger partial charge in [-0.05, 0) is 31.1 Å². The Bertz CT molecular complexity index is 337.